The number of amides is 2. The van der Waals surface area contributed by atoms with Crippen LogP contribution in [0, 0.1) is 0 Å². The van der Waals surface area contributed by atoms with Crippen LogP contribution in [0.3, 0.4) is 0 Å². The molecule has 1 aliphatic rings. The van der Waals surface area contributed by atoms with Crippen LogP contribution in [0.4, 0.5) is 0 Å². The fraction of sp³-hybridized carbons (Fsp3) is 0.600. The van der Waals surface area contributed by atoms with Gasteiger partial charge >= 0.3 is 0 Å². The number of hydrogen-bond donors (Lipinski definition) is 0. The van der Waals surface area contributed by atoms with Crippen molar-refractivity contribution >= 4 is 30.1 Å². The average molecular weight is 257 g/mol. The molecular weight excluding hydrogens is 238 g/mol. The second-order valence-corrected chi connectivity index (χ2v) is 11.1. The van der Waals surface area contributed by atoms with Gasteiger partial charge in [0.15, 0.2) is 8.32 Å². The summed E-state index contributed by atoms with van der Waals surface area (Å²) in [6, 6.07) is 0. The molecule has 0 bridgehead atoms. The predicted molar refractivity (Wildman–Crippen MR) is 67.8 cm³/mol. The van der Waals surface area contributed by atoms with E-state index in [1.165, 1.54) is 10.6 Å². The SMILES string of the molecule is CCCC1=CC(=O)N([SiH2]O[Si](C)(C)C)C1=O. The van der Waals surface area contributed by atoms with Gasteiger partial charge in [-0.15, -0.1) is 0 Å². The molecule has 16 heavy (non-hydrogen) atoms. The Bertz CT molecular complexity index is 333. The standard InChI is InChI=1S/C10H19NO3Si2/c1-5-6-8-7-9(12)11(10(8)13)15-14-16(2,3)4/h7H,5-6,15H2,1-4H3. The quantitative estimate of drug-likeness (QED) is 0.544. The fourth-order valence-electron chi connectivity index (χ4n) is 1.39. The number of carbonyl (C=O) groups is 2. The largest absolute Gasteiger partial charge is 0.445 e. The van der Waals surface area contributed by atoms with Crippen molar-refractivity contribution < 1.29 is 13.7 Å². The Morgan fingerprint density at radius 1 is 1.38 bits per heavy atom. The number of imide groups is 1. The normalized spacial score (nSPS) is 17.8. The summed E-state index contributed by atoms with van der Waals surface area (Å²) in [6.07, 6.45) is 3.03. The molecule has 0 radical (unpaired) electrons. The maximum absolute atomic E-state index is 11.8. The highest BCUT2D eigenvalue weighted by Crippen LogP contribution is 2.17. The summed E-state index contributed by atoms with van der Waals surface area (Å²) in [4.78, 5) is 23.4. The van der Waals surface area contributed by atoms with Gasteiger partial charge < -0.3 is 4.12 Å². The summed E-state index contributed by atoms with van der Waals surface area (Å²) in [7, 11) is -2.85. The molecule has 0 aromatic rings. The molecule has 0 aliphatic carbocycles. The van der Waals surface area contributed by atoms with Crippen molar-refractivity contribution in [2.24, 2.45) is 0 Å². The predicted octanol–water partition coefficient (Wildman–Crippen LogP) is 0.932. The first-order valence-electron chi connectivity index (χ1n) is 5.55. The molecule has 0 unspecified atom stereocenters. The maximum Gasteiger partial charge on any atom is 0.268 e. The summed E-state index contributed by atoms with van der Waals surface area (Å²) in [5.41, 5.74) is 0.638. The van der Waals surface area contributed by atoms with Gasteiger partial charge in [0, 0.05) is 11.6 Å². The monoisotopic (exact) mass is 257 g/mol. The Balaban J connectivity index is 2.59. The van der Waals surface area contributed by atoms with Crippen LogP contribution in [-0.2, 0) is 13.7 Å². The first kappa shape index (κ1) is 13.3. The van der Waals surface area contributed by atoms with Crippen molar-refractivity contribution in [1.29, 1.82) is 0 Å². The zero-order valence-electron chi connectivity index (χ0n) is 10.4. The lowest BCUT2D eigenvalue weighted by Crippen LogP contribution is -2.41. The molecule has 1 aliphatic heterocycles. The molecule has 90 valence electrons. The zero-order valence-corrected chi connectivity index (χ0v) is 12.8. The van der Waals surface area contributed by atoms with Crippen molar-refractivity contribution in [2.45, 2.75) is 39.4 Å². The molecule has 0 aromatic heterocycles. The van der Waals surface area contributed by atoms with Crippen LogP contribution in [0.5, 0.6) is 0 Å². The Morgan fingerprint density at radius 3 is 2.50 bits per heavy atom. The van der Waals surface area contributed by atoms with E-state index in [9.17, 15) is 9.59 Å². The third kappa shape index (κ3) is 3.39. The van der Waals surface area contributed by atoms with Crippen LogP contribution in [0.25, 0.3) is 0 Å². The van der Waals surface area contributed by atoms with Crippen LogP contribution < -0.4 is 0 Å². The molecule has 2 amide bonds. The van der Waals surface area contributed by atoms with E-state index in [1.807, 2.05) is 6.92 Å². The minimum atomic E-state index is -1.63. The molecular formula is C10H19NO3Si2. The van der Waals surface area contributed by atoms with Crippen LogP contribution in [-0.4, -0.2) is 34.6 Å². The Labute approximate surface area is 99.8 Å². The van der Waals surface area contributed by atoms with Gasteiger partial charge in [-0.3, -0.25) is 14.2 Å². The second kappa shape index (κ2) is 5.07. The van der Waals surface area contributed by atoms with E-state index < -0.39 is 18.2 Å². The lowest BCUT2D eigenvalue weighted by Gasteiger charge is -2.22. The first-order chi connectivity index (χ1) is 7.35. The van der Waals surface area contributed by atoms with Crippen molar-refractivity contribution in [3.05, 3.63) is 11.6 Å². The number of rotatable bonds is 5. The molecule has 6 heteroatoms. The van der Waals surface area contributed by atoms with E-state index in [0.717, 1.165) is 6.42 Å². The molecule has 0 atom stereocenters. The minimum Gasteiger partial charge on any atom is -0.445 e. The molecule has 0 spiro atoms. The third-order valence-electron chi connectivity index (χ3n) is 2.23. The van der Waals surface area contributed by atoms with E-state index in [4.69, 9.17) is 4.12 Å². The summed E-state index contributed by atoms with van der Waals surface area (Å²) < 4.78 is 7.03. The Kier molecular flexibility index (Phi) is 4.23. The van der Waals surface area contributed by atoms with Gasteiger partial charge in [0.2, 0.25) is 11.8 Å². The fourth-order valence-corrected chi connectivity index (χ4v) is 4.00. The first-order valence-corrected chi connectivity index (χ1v) is 10.2. The molecule has 0 saturated heterocycles. The molecule has 4 nitrogen and oxygen atoms in total. The van der Waals surface area contributed by atoms with Gasteiger partial charge in [0.05, 0.1) is 0 Å². The second-order valence-electron chi connectivity index (χ2n) is 4.88. The maximum atomic E-state index is 11.8. The van der Waals surface area contributed by atoms with Gasteiger partial charge in [-0.1, -0.05) is 13.3 Å². The average Bonchev–Trinajstić information content (AvgIpc) is 2.39. The van der Waals surface area contributed by atoms with Crippen molar-refractivity contribution in [3.63, 3.8) is 0 Å². The summed E-state index contributed by atoms with van der Waals surface area (Å²) in [5.74, 6) is -0.310. The summed E-state index contributed by atoms with van der Waals surface area (Å²) >= 11 is 0. The highest BCUT2D eigenvalue weighted by molar-refractivity contribution is 6.74. The van der Waals surface area contributed by atoms with Crippen molar-refractivity contribution in [2.75, 3.05) is 0 Å². The summed E-state index contributed by atoms with van der Waals surface area (Å²) in [6.45, 7) is 8.18. The Morgan fingerprint density at radius 2 is 2.00 bits per heavy atom. The van der Waals surface area contributed by atoms with Gasteiger partial charge in [-0.05, 0) is 26.1 Å². The zero-order chi connectivity index (χ0) is 12.3. The van der Waals surface area contributed by atoms with E-state index in [2.05, 4.69) is 19.6 Å². The Hall–Kier alpha value is -0.726. The van der Waals surface area contributed by atoms with Gasteiger partial charge in [-0.25, -0.2) is 0 Å². The van der Waals surface area contributed by atoms with Gasteiger partial charge in [-0.2, -0.15) is 0 Å². The lowest BCUT2D eigenvalue weighted by molar-refractivity contribution is -0.132. The highest BCUT2D eigenvalue weighted by Gasteiger charge is 2.31. The highest BCUT2D eigenvalue weighted by atomic mass is 28.4. The number of carbonyl (C=O) groups excluding carboxylic acids is 2. The van der Waals surface area contributed by atoms with E-state index in [1.54, 1.807) is 0 Å². The topological polar surface area (TPSA) is 46.6 Å². The number of nitrogens with zero attached hydrogens (tertiary/aromatic N) is 1. The molecule has 0 saturated carbocycles. The van der Waals surface area contributed by atoms with E-state index in [0.29, 0.717) is 12.0 Å². The third-order valence-corrected chi connectivity index (χ3v) is 7.07. The molecule has 0 fully saturated rings. The van der Waals surface area contributed by atoms with E-state index in [-0.39, 0.29) is 11.8 Å². The smallest absolute Gasteiger partial charge is 0.268 e. The van der Waals surface area contributed by atoms with Crippen LogP contribution in [0.1, 0.15) is 19.8 Å². The molecule has 1 rings (SSSR count). The summed E-state index contributed by atoms with van der Waals surface area (Å²) in [5, 5.41) is 0. The van der Waals surface area contributed by atoms with Gasteiger partial charge in [0.1, 0.15) is 0 Å². The van der Waals surface area contributed by atoms with Crippen LogP contribution >= 0.6 is 0 Å². The number of hydrogen-bond acceptors (Lipinski definition) is 3. The van der Waals surface area contributed by atoms with Crippen LogP contribution in [0.2, 0.25) is 19.6 Å². The minimum absolute atomic E-state index is 0.128. The van der Waals surface area contributed by atoms with Gasteiger partial charge in [0.25, 0.3) is 9.92 Å². The molecule has 0 N–H and O–H groups in total. The van der Waals surface area contributed by atoms with Crippen molar-refractivity contribution in [1.82, 2.24) is 4.57 Å². The lowest BCUT2D eigenvalue weighted by atomic mass is 10.1. The molecule has 0 aromatic carbocycles. The van der Waals surface area contributed by atoms with Crippen LogP contribution in [0.15, 0.2) is 11.6 Å². The molecule has 1 heterocycles. The van der Waals surface area contributed by atoms with E-state index >= 15 is 0 Å². The van der Waals surface area contributed by atoms with Crippen molar-refractivity contribution in [3.8, 4) is 0 Å².